The fourth-order valence-corrected chi connectivity index (χ4v) is 4.90. The first kappa shape index (κ1) is 18.0. The molecule has 1 N–H and O–H groups in total. The summed E-state index contributed by atoms with van der Waals surface area (Å²) in [6, 6.07) is 7.39. The number of carbonyl (C=O) groups is 2. The van der Waals surface area contributed by atoms with Gasteiger partial charge in [0.05, 0.1) is 5.69 Å². The van der Waals surface area contributed by atoms with Gasteiger partial charge in [-0.3, -0.25) is 9.59 Å². The standard InChI is InChI=1S/C21H27N3O3/c1-20(2)14-8-10-21(20,3)17(12-14)22-23-18(25)9-11-24-15-6-4-5-7-16(15)27-13-19(24)26/h4-7,14H,8-13H2,1-3H3,(H,23,25)/b22-17+/t14-,21-/m0/s1. The Labute approximate surface area is 159 Å². The van der Waals surface area contributed by atoms with Gasteiger partial charge >= 0.3 is 0 Å². The van der Waals surface area contributed by atoms with E-state index in [4.69, 9.17) is 4.74 Å². The number of hydrogen-bond donors (Lipinski definition) is 1. The zero-order chi connectivity index (χ0) is 19.2. The quantitative estimate of drug-likeness (QED) is 0.829. The van der Waals surface area contributed by atoms with Crippen molar-refractivity contribution >= 4 is 23.2 Å². The number of nitrogens with zero attached hydrogens (tertiary/aromatic N) is 2. The number of nitrogens with one attached hydrogen (secondary N) is 1. The highest BCUT2D eigenvalue weighted by Crippen LogP contribution is 2.63. The number of ether oxygens (including phenoxy) is 1. The van der Waals surface area contributed by atoms with Crippen LogP contribution in [0.1, 0.15) is 46.5 Å². The highest BCUT2D eigenvalue weighted by Gasteiger charge is 2.60. The van der Waals surface area contributed by atoms with E-state index in [1.165, 1.54) is 6.42 Å². The molecule has 144 valence electrons. The minimum atomic E-state index is -0.163. The zero-order valence-corrected chi connectivity index (χ0v) is 16.2. The van der Waals surface area contributed by atoms with Crippen LogP contribution in [0.4, 0.5) is 5.69 Å². The van der Waals surface area contributed by atoms with Gasteiger partial charge in [-0.15, -0.1) is 0 Å². The molecule has 0 spiro atoms. The summed E-state index contributed by atoms with van der Waals surface area (Å²) in [5, 5.41) is 4.49. The summed E-state index contributed by atoms with van der Waals surface area (Å²) in [7, 11) is 0. The van der Waals surface area contributed by atoms with Crippen molar-refractivity contribution in [1.29, 1.82) is 0 Å². The van der Waals surface area contributed by atoms with E-state index in [1.54, 1.807) is 4.90 Å². The van der Waals surface area contributed by atoms with Gasteiger partial charge in [0.25, 0.3) is 5.91 Å². The van der Waals surface area contributed by atoms with Crippen molar-refractivity contribution in [2.75, 3.05) is 18.1 Å². The summed E-state index contributed by atoms with van der Waals surface area (Å²) >= 11 is 0. The van der Waals surface area contributed by atoms with E-state index in [0.29, 0.717) is 18.2 Å². The number of rotatable bonds is 4. The minimum absolute atomic E-state index is 0.00968. The molecule has 6 heteroatoms. The van der Waals surface area contributed by atoms with Crippen LogP contribution in [0, 0.1) is 16.7 Å². The number of benzene rings is 1. The molecule has 2 saturated carbocycles. The lowest BCUT2D eigenvalue weighted by atomic mass is 9.70. The predicted octanol–water partition coefficient (Wildman–Crippen LogP) is 3.12. The van der Waals surface area contributed by atoms with E-state index >= 15 is 0 Å². The monoisotopic (exact) mass is 369 g/mol. The third-order valence-electron chi connectivity index (χ3n) is 7.20. The Hall–Kier alpha value is -2.37. The van der Waals surface area contributed by atoms with E-state index in [0.717, 1.165) is 24.2 Å². The molecule has 0 unspecified atom stereocenters. The molecule has 2 fully saturated rings. The smallest absolute Gasteiger partial charge is 0.265 e. The molecule has 1 aromatic rings. The van der Waals surface area contributed by atoms with Gasteiger partial charge in [-0.25, -0.2) is 5.43 Å². The van der Waals surface area contributed by atoms with E-state index in [-0.39, 0.29) is 35.7 Å². The van der Waals surface area contributed by atoms with Gasteiger partial charge in [0.1, 0.15) is 5.75 Å². The van der Waals surface area contributed by atoms with E-state index < -0.39 is 0 Å². The molecular weight excluding hydrogens is 342 g/mol. The van der Waals surface area contributed by atoms with Crippen molar-refractivity contribution in [3.63, 3.8) is 0 Å². The predicted molar refractivity (Wildman–Crippen MR) is 104 cm³/mol. The minimum Gasteiger partial charge on any atom is -0.482 e. The van der Waals surface area contributed by atoms with Crippen LogP contribution >= 0.6 is 0 Å². The molecule has 0 aromatic heterocycles. The lowest BCUT2D eigenvalue weighted by molar-refractivity contribution is -0.122. The van der Waals surface area contributed by atoms with Gasteiger partial charge in [-0.05, 0) is 42.7 Å². The van der Waals surface area contributed by atoms with E-state index in [9.17, 15) is 9.59 Å². The molecule has 2 atom stereocenters. The fourth-order valence-electron chi connectivity index (χ4n) is 4.90. The topological polar surface area (TPSA) is 71.0 Å². The molecule has 3 aliphatic rings. The summed E-state index contributed by atoms with van der Waals surface area (Å²) in [4.78, 5) is 26.1. The Kier molecular flexibility index (Phi) is 4.24. The summed E-state index contributed by atoms with van der Waals surface area (Å²) in [6.07, 6.45) is 3.56. The van der Waals surface area contributed by atoms with E-state index in [1.807, 2.05) is 24.3 Å². The average molecular weight is 369 g/mol. The van der Waals surface area contributed by atoms with Crippen LogP contribution in [-0.4, -0.2) is 30.7 Å². The van der Waals surface area contributed by atoms with Crippen molar-refractivity contribution in [3.05, 3.63) is 24.3 Å². The lowest BCUT2D eigenvalue weighted by Gasteiger charge is -2.34. The number of para-hydroxylation sites is 2. The van der Waals surface area contributed by atoms with E-state index in [2.05, 4.69) is 31.3 Å². The highest BCUT2D eigenvalue weighted by atomic mass is 16.5. The zero-order valence-electron chi connectivity index (χ0n) is 16.2. The number of anilines is 1. The Bertz CT molecular complexity index is 817. The van der Waals surface area contributed by atoms with Gasteiger partial charge < -0.3 is 9.64 Å². The summed E-state index contributed by atoms with van der Waals surface area (Å²) in [5.41, 5.74) is 4.87. The average Bonchev–Trinajstić information content (AvgIpc) is 2.99. The summed E-state index contributed by atoms with van der Waals surface area (Å²) in [6.45, 7) is 7.23. The van der Waals surface area contributed by atoms with Gasteiger partial charge in [0, 0.05) is 24.1 Å². The van der Waals surface area contributed by atoms with Crippen LogP contribution in [0.2, 0.25) is 0 Å². The molecule has 1 aromatic carbocycles. The van der Waals surface area contributed by atoms with Gasteiger partial charge in [0.2, 0.25) is 5.91 Å². The number of fused-ring (bicyclic) bond motifs is 3. The second kappa shape index (κ2) is 6.36. The van der Waals surface area contributed by atoms with Crippen molar-refractivity contribution in [2.45, 2.75) is 46.5 Å². The Morgan fingerprint density at radius 2 is 2.11 bits per heavy atom. The highest BCUT2D eigenvalue weighted by molar-refractivity contribution is 5.98. The maximum Gasteiger partial charge on any atom is 0.265 e. The molecule has 2 amide bonds. The van der Waals surface area contributed by atoms with Crippen LogP contribution in [0.5, 0.6) is 5.75 Å². The third-order valence-corrected chi connectivity index (χ3v) is 7.20. The lowest BCUT2D eigenvalue weighted by Crippen LogP contribution is -2.41. The fraction of sp³-hybridized carbons (Fsp3) is 0.571. The molecule has 1 heterocycles. The number of amides is 2. The molecule has 0 saturated heterocycles. The Morgan fingerprint density at radius 3 is 2.81 bits per heavy atom. The Balaban J connectivity index is 1.38. The van der Waals surface area contributed by atoms with Gasteiger partial charge in [-0.1, -0.05) is 32.9 Å². The van der Waals surface area contributed by atoms with Gasteiger partial charge in [-0.2, -0.15) is 5.10 Å². The first-order chi connectivity index (χ1) is 12.8. The number of hydrogen-bond acceptors (Lipinski definition) is 4. The second-order valence-electron chi connectivity index (χ2n) is 8.64. The maximum absolute atomic E-state index is 12.3. The normalized spacial score (nSPS) is 29.6. The third kappa shape index (κ3) is 2.82. The summed E-state index contributed by atoms with van der Waals surface area (Å²) in [5.74, 6) is 1.04. The first-order valence-electron chi connectivity index (χ1n) is 9.71. The van der Waals surface area contributed by atoms with Gasteiger partial charge in [0.15, 0.2) is 6.61 Å². The molecular formula is C21H27N3O3. The largest absolute Gasteiger partial charge is 0.482 e. The molecule has 2 bridgehead atoms. The molecule has 6 nitrogen and oxygen atoms in total. The van der Waals surface area contributed by atoms with Crippen molar-refractivity contribution in [1.82, 2.24) is 5.43 Å². The SMILES string of the molecule is CC1(C)[C@H]2CC[C@@]1(C)/C(=N/NC(=O)CCN1C(=O)COc3ccccc31)C2. The molecule has 27 heavy (non-hydrogen) atoms. The van der Waals surface area contributed by atoms with Crippen LogP contribution in [-0.2, 0) is 9.59 Å². The second-order valence-corrected chi connectivity index (χ2v) is 8.64. The molecule has 2 aliphatic carbocycles. The van der Waals surface area contributed by atoms with Crippen molar-refractivity contribution in [2.24, 2.45) is 21.8 Å². The van der Waals surface area contributed by atoms with Crippen LogP contribution in [0.15, 0.2) is 29.4 Å². The van der Waals surface area contributed by atoms with Crippen LogP contribution in [0.25, 0.3) is 0 Å². The molecule has 1 aliphatic heterocycles. The number of carbonyl (C=O) groups excluding carboxylic acids is 2. The van der Waals surface area contributed by atoms with Crippen LogP contribution in [0.3, 0.4) is 0 Å². The number of hydrazone groups is 1. The van der Waals surface area contributed by atoms with Crippen LogP contribution < -0.4 is 15.1 Å². The molecule has 0 radical (unpaired) electrons. The summed E-state index contributed by atoms with van der Waals surface area (Å²) < 4.78 is 5.43. The first-order valence-corrected chi connectivity index (χ1v) is 9.71. The van der Waals surface area contributed by atoms with Crippen molar-refractivity contribution < 1.29 is 14.3 Å². The van der Waals surface area contributed by atoms with Crippen molar-refractivity contribution in [3.8, 4) is 5.75 Å². The maximum atomic E-state index is 12.3. The molecule has 4 rings (SSSR count). The Morgan fingerprint density at radius 1 is 1.33 bits per heavy atom.